The first kappa shape index (κ1) is 15.1. The Labute approximate surface area is 135 Å². The molecule has 1 atom stereocenters. The van der Waals surface area contributed by atoms with Crippen LogP contribution in [0.4, 0.5) is 0 Å². The first-order valence-electron chi connectivity index (χ1n) is 7.59. The van der Waals surface area contributed by atoms with E-state index in [-0.39, 0.29) is 11.9 Å². The van der Waals surface area contributed by atoms with E-state index in [0.29, 0.717) is 11.1 Å². The molecule has 5 nitrogen and oxygen atoms in total. The molecule has 0 saturated heterocycles. The summed E-state index contributed by atoms with van der Waals surface area (Å²) in [5.41, 5.74) is 2.95. The van der Waals surface area contributed by atoms with E-state index >= 15 is 0 Å². The Bertz CT molecular complexity index is 814. The quantitative estimate of drug-likeness (QED) is 0.742. The highest BCUT2D eigenvalue weighted by Gasteiger charge is 2.23. The van der Waals surface area contributed by atoms with Crippen LogP contribution >= 0.6 is 0 Å². The summed E-state index contributed by atoms with van der Waals surface area (Å²) < 4.78 is 0. The van der Waals surface area contributed by atoms with Crippen LogP contribution < -0.4 is 0 Å². The van der Waals surface area contributed by atoms with Crippen molar-refractivity contribution in [2.75, 3.05) is 7.05 Å². The summed E-state index contributed by atoms with van der Waals surface area (Å²) in [5.74, 6) is -0.0631. The van der Waals surface area contributed by atoms with Gasteiger partial charge in [0.05, 0.1) is 17.1 Å². The minimum atomic E-state index is -0.0631. The topological polar surface area (TPSA) is 59.0 Å². The normalized spacial score (nSPS) is 12.1. The molecule has 3 aromatic rings. The van der Waals surface area contributed by atoms with Gasteiger partial charge in [-0.2, -0.15) is 0 Å². The molecule has 0 saturated carbocycles. The number of fused-ring (bicyclic) bond motifs is 1. The second kappa shape index (κ2) is 6.52. The minimum Gasteiger partial charge on any atom is -0.335 e. The molecule has 23 heavy (non-hydrogen) atoms. The van der Waals surface area contributed by atoms with Gasteiger partial charge in [-0.25, -0.2) is 0 Å². The molecule has 0 spiro atoms. The van der Waals surface area contributed by atoms with E-state index in [1.165, 1.54) is 0 Å². The SMILES string of the molecule is CC[C@@H](c1cccnc1)N(C)C(=O)c1cccc2nccnc12. The van der Waals surface area contributed by atoms with E-state index in [2.05, 4.69) is 21.9 Å². The van der Waals surface area contributed by atoms with Crippen LogP contribution in [0.15, 0.2) is 55.1 Å². The first-order chi connectivity index (χ1) is 11.2. The Morgan fingerprint density at radius 2 is 1.96 bits per heavy atom. The van der Waals surface area contributed by atoms with Crippen LogP contribution in [-0.4, -0.2) is 32.8 Å². The van der Waals surface area contributed by atoms with E-state index in [1.807, 2.05) is 31.3 Å². The molecule has 2 heterocycles. The van der Waals surface area contributed by atoms with E-state index in [9.17, 15) is 4.79 Å². The van der Waals surface area contributed by atoms with E-state index < -0.39 is 0 Å². The molecule has 1 amide bonds. The van der Waals surface area contributed by atoms with Gasteiger partial charge in [0.15, 0.2) is 0 Å². The average molecular weight is 306 g/mol. The fourth-order valence-corrected chi connectivity index (χ4v) is 2.80. The third kappa shape index (κ3) is 2.90. The molecule has 116 valence electrons. The Kier molecular flexibility index (Phi) is 4.28. The summed E-state index contributed by atoms with van der Waals surface area (Å²) in [5, 5.41) is 0. The molecule has 0 unspecified atom stereocenters. The number of benzene rings is 1. The molecule has 0 aliphatic rings. The third-order valence-electron chi connectivity index (χ3n) is 3.97. The summed E-state index contributed by atoms with van der Waals surface area (Å²) in [6, 6.07) is 9.35. The molecular formula is C18H18N4O. The predicted octanol–water partition coefficient (Wildman–Crippen LogP) is 3.25. The van der Waals surface area contributed by atoms with Gasteiger partial charge in [0, 0.05) is 31.8 Å². The average Bonchev–Trinajstić information content (AvgIpc) is 2.62. The van der Waals surface area contributed by atoms with Crippen molar-refractivity contribution in [1.29, 1.82) is 0 Å². The Morgan fingerprint density at radius 3 is 2.70 bits per heavy atom. The minimum absolute atomic E-state index is 0.0249. The first-order valence-corrected chi connectivity index (χ1v) is 7.59. The third-order valence-corrected chi connectivity index (χ3v) is 3.97. The smallest absolute Gasteiger partial charge is 0.256 e. The monoisotopic (exact) mass is 306 g/mol. The maximum atomic E-state index is 13.0. The second-order valence-corrected chi connectivity index (χ2v) is 5.36. The molecule has 0 fully saturated rings. The van der Waals surface area contributed by atoms with Gasteiger partial charge in [0.2, 0.25) is 0 Å². The van der Waals surface area contributed by atoms with Gasteiger partial charge >= 0.3 is 0 Å². The molecule has 3 rings (SSSR count). The van der Waals surface area contributed by atoms with Crippen LogP contribution in [-0.2, 0) is 0 Å². The molecular weight excluding hydrogens is 288 g/mol. The lowest BCUT2D eigenvalue weighted by atomic mass is 10.0. The zero-order valence-electron chi connectivity index (χ0n) is 13.2. The number of carbonyl (C=O) groups is 1. The van der Waals surface area contributed by atoms with Gasteiger partial charge in [-0.05, 0) is 30.2 Å². The number of amides is 1. The van der Waals surface area contributed by atoms with Crippen LogP contribution in [0.1, 0.15) is 35.3 Å². The van der Waals surface area contributed by atoms with Crippen molar-refractivity contribution in [2.24, 2.45) is 0 Å². The van der Waals surface area contributed by atoms with Gasteiger partial charge in [0.25, 0.3) is 5.91 Å². The summed E-state index contributed by atoms with van der Waals surface area (Å²) in [4.78, 5) is 27.5. The number of aromatic nitrogens is 3. The van der Waals surface area contributed by atoms with Crippen LogP contribution in [0.25, 0.3) is 11.0 Å². The largest absolute Gasteiger partial charge is 0.335 e. The number of carbonyl (C=O) groups excluding carboxylic acids is 1. The zero-order valence-corrected chi connectivity index (χ0v) is 13.2. The van der Waals surface area contributed by atoms with E-state index in [1.54, 1.807) is 35.8 Å². The lowest BCUT2D eigenvalue weighted by Crippen LogP contribution is -2.31. The molecule has 1 aromatic carbocycles. The Morgan fingerprint density at radius 1 is 1.13 bits per heavy atom. The maximum absolute atomic E-state index is 13.0. The van der Waals surface area contributed by atoms with E-state index in [4.69, 9.17) is 0 Å². The van der Waals surface area contributed by atoms with Crippen LogP contribution in [0.3, 0.4) is 0 Å². The van der Waals surface area contributed by atoms with Crippen molar-refractivity contribution in [2.45, 2.75) is 19.4 Å². The number of rotatable bonds is 4. The lowest BCUT2D eigenvalue weighted by Gasteiger charge is -2.27. The standard InChI is InChI=1S/C18H18N4O/c1-3-16(13-6-5-9-19-12-13)22(2)18(23)14-7-4-8-15-17(14)21-11-10-20-15/h4-12,16H,3H2,1-2H3/t16-/m0/s1. The van der Waals surface area contributed by atoms with Crippen molar-refractivity contribution < 1.29 is 4.79 Å². The fraction of sp³-hybridized carbons (Fsp3) is 0.222. The van der Waals surface area contributed by atoms with Gasteiger partial charge in [0.1, 0.15) is 5.52 Å². The molecule has 5 heteroatoms. The fourth-order valence-electron chi connectivity index (χ4n) is 2.80. The van der Waals surface area contributed by atoms with Crippen molar-refractivity contribution in [1.82, 2.24) is 19.9 Å². The molecule has 2 aromatic heterocycles. The number of hydrogen-bond acceptors (Lipinski definition) is 4. The number of nitrogens with zero attached hydrogens (tertiary/aromatic N) is 4. The highest BCUT2D eigenvalue weighted by Crippen LogP contribution is 2.25. The van der Waals surface area contributed by atoms with Gasteiger partial charge in [-0.1, -0.05) is 19.1 Å². The predicted molar refractivity (Wildman–Crippen MR) is 88.9 cm³/mol. The molecule has 0 radical (unpaired) electrons. The molecule has 0 aliphatic heterocycles. The van der Waals surface area contributed by atoms with Crippen LogP contribution in [0.2, 0.25) is 0 Å². The molecule has 0 bridgehead atoms. The Hall–Kier alpha value is -2.82. The summed E-state index contributed by atoms with van der Waals surface area (Å²) in [7, 11) is 1.82. The van der Waals surface area contributed by atoms with Gasteiger partial charge in [-0.15, -0.1) is 0 Å². The zero-order chi connectivity index (χ0) is 16.2. The van der Waals surface area contributed by atoms with Crippen molar-refractivity contribution in [3.05, 3.63) is 66.2 Å². The van der Waals surface area contributed by atoms with Crippen LogP contribution in [0.5, 0.6) is 0 Å². The Balaban J connectivity index is 1.98. The summed E-state index contributed by atoms with van der Waals surface area (Å²) in [6.07, 6.45) is 7.59. The number of pyridine rings is 1. The summed E-state index contributed by atoms with van der Waals surface area (Å²) in [6.45, 7) is 2.06. The lowest BCUT2D eigenvalue weighted by molar-refractivity contribution is 0.0727. The van der Waals surface area contributed by atoms with Crippen LogP contribution in [0, 0.1) is 0 Å². The second-order valence-electron chi connectivity index (χ2n) is 5.36. The van der Waals surface area contributed by atoms with E-state index in [0.717, 1.165) is 17.5 Å². The van der Waals surface area contributed by atoms with Crippen molar-refractivity contribution in [3.8, 4) is 0 Å². The van der Waals surface area contributed by atoms with Gasteiger partial charge < -0.3 is 4.90 Å². The van der Waals surface area contributed by atoms with Crippen molar-refractivity contribution in [3.63, 3.8) is 0 Å². The highest BCUT2D eigenvalue weighted by molar-refractivity contribution is 6.04. The molecule has 0 N–H and O–H groups in total. The molecule has 0 aliphatic carbocycles. The number of hydrogen-bond donors (Lipinski definition) is 0. The van der Waals surface area contributed by atoms with Gasteiger partial charge in [-0.3, -0.25) is 19.7 Å². The van der Waals surface area contributed by atoms with Crippen molar-refractivity contribution >= 4 is 16.9 Å². The summed E-state index contributed by atoms with van der Waals surface area (Å²) >= 11 is 0. The number of para-hydroxylation sites is 1. The highest BCUT2D eigenvalue weighted by atomic mass is 16.2. The maximum Gasteiger partial charge on any atom is 0.256 e.